The van der Waals surface area contributed by atoms with Crippen molar-refractivity contribution in [3.8, 4) is 0 Å². The van der Waals surface area contributed by atoms with Gasteiger partial charge in [-0.2, -0.15) is 0 Å². The van der Waals surface area contributed by atoms with E-state index in [4.69, 9.17) is 0 Å². The van der Waals surface area contributed by atoms with Crippen LogP contribution >= 0.6 is 27.3 Å². The SMILES string of the molecule is CCNc1cccnc1S(=O)(=O)NCCc1ccc(Br)s1. The molecule has 0 aliphatic rings. The normalized spacial score (nSPS) is 11.5. The topological polar surface area (TPSA) is 71.1 Å². The van der Waals surface area contributed by atoms with E-state index in [1.165, 1.54) is 6.20 Å². The van der Waals surface area contributed by atoms with Gasteiger partial charge in [0.1, 0.15) is 0 Å². The van der Waals surface area contributed by atoms with Crippen LogP contribution in [-0.2, 0) is 16.4 Å². The molecule has 0 spiro atoms. The van der Waals surface area contributed by atoms with Gasteiger partial charge < -0.3 is 5.32 Å². The van der Waals surface area contributed by atoms with E-state index in [9.17, 15) is 8.42 Å². The largest absolute Gasteiger partial charge is 0.383 e. The molecule has 5 nitrogen and oxygen atoms in total. The summed E-state index contributed by atoms with van der Waals surface area (Å²) in [5.74, 6) is 0. The highest BCUT2D eigenvalue weighted by atomic mass is 79.9. The maximum Gasteiger partial charge on any atom is 0.260 e. The summed E-state index contributed by atoms with van der Waals surface area (Å²) in [6.45, 7) is 2.89. The zero-order valence-electron chi connectivity index (χ0n) is 11.5. The molecule has 2 aromatic heterocycles. The van der Waals surface area contributed by atoms with Gasteiger partial charge in [0.05, 0.1) is 9.47 Å². The lowest BCUT2D eigenvalue weighted by Gasteiger charge is -2.10. The second kappa shape index (κ2) is 7.35. The van der Waals surface area contributed by atoms with Gasteiger partial charge in [-0.1, -0.05) is 0 Å². The highest BCUT2D eigenvalue weighted by Gasteiger charge is 2.19. The summed E-state index contributed by atoms with van der Waals surface area (Å²) >= 11 is 4.99. The molecule has 0 fully saturated rings. The standard InChI is InChI=1S/C13H16BrN3O2S2/c1-2-15-11-4-3-8-16-13(11)21(18,19)17-9-7-10-5-6-12(14)20-10/h3-6,8,15,17H,2,7,9H2,1H3. The van der Waals surface area contributed by atoms with Crippen molar-refractivity contribution in [2.24, 2.45) is 0 Å². The van der Waals surface area contributed by atoms with Crippen LogP contribution in [0.2, 0.25) is 0 Å². The first kappa shape index (κ1) is 16.4. The number of nitrogens with zero attached hydrogens (tertiary/aromatic N) is 1. The van der Waals surface area contributed by atoms with Crippen molar-refractivity contribution in [1.29, 1.82) is 0 Å². The smallest absolute Gasteiger partial charge is 0.260 e. The molecular weight excluding hydrogens is 374 g/mol. The monoisotopic (exact) mass is 389 g/mol. The first-order valence-corrected chi connectivity index (χ1v) is 9.55. The molecule has 0 amide bonds. The molecule has 0 aliphatic heterocycles. The average Bonchev–Trinajstić information content (AvgIpc) is 2.85. The van der Waals surface area contributed by atoms with E-state index in [2.05, 4.69) is 31.0 Å². The van der Waals surface area contributed by atoms with E-state index in [1.54, 1.807) is 23.5 Å². The van der Waals surface area contributed by atoms with E-state index < -0.39 is 10.0 Å². The molecule has 2 rings (SSSR count). The van der Waals surface area contributed by atoms with Gasteiger partial charge in [-0.3, -0.25) is 0 Å². The molecule has 2 aromatic rings. The van der Waals surface area contributed by atoms with Gasteiger partial charge in [0.2, 0.25) is 0 Å². The molecule has 21 heavy (non-hydrogen) atoms. The van der Waals surface area contributed by atoms with Crippen molar-refractivity contribution in [2.45, 2.75) is 18.4 Å². The molecule has 2 heterocycles. The van der Waals surface area contributed by atoms with Crippen molar-refractivity contribution in [3.63, 3.8) is 0 Å². The quantitative estimate of drug-likeness (QED) is 0.763. The van der Waals surface area contributed by atoms with E-state index in [0.717, 1.165) is 8.66 Å². The number of aromatic nitrogens is 1. The lowest BCUT2D eigenvalue weighted by atomic mass is 10.3. The van der Waals surface area contributed by atoms with Crippen LogP contribution in [0.4, 0.5) is 5.69 Å². The van der Waals surface area contributed by atoms with Crippen molar-refractivity contribution >= 4 is 43.0 Å². The number of hydrogen-bond acceptors (Lipinski definition) is 5. The fraction of sp³-hybridized carbons (Fsp3) is 0.308. The van der Waals surface area contributed by atoms with Crippen LogP contribution < -0.4 is 10.0 Å². The third-order valence-electron chi connectivity index (χ3n) is 2.69. The van der Waals surface area contributed by atoms with Crippen molar-refractivity contribution in [1.82, 2.24) is 9.71 Å². The Kier molecular flexibility index (Phi) is 5.74. The minimum Gasteiger partial charge on any atom is -0.383 e. The Bertz CT molecular complexity index is 701. The van der Waals surface area contributed by atoms with Gasteiger partial charge in [-0.05, 0) is 53.5 Å². The third-order valence-corrected chi connectivity index (χ3v) is 5.79. The summed E-state index contributed by atoms with van der Waals surface area (Å²) in [6, 6.07) is 7.35. The van der Waals surface area contributed by atoms with Crippen LogP contribution in [0.25, 0.3) is 0 Å². The second-order valence-electron chi connectivity index (χ2n) is 4.24. The van der Waals surface area contributed by atoms with Crippen LogP contribution in [0.5, 0.6) is 0 Å². The van der Waals surface area contributed by atoms with Crippen molar-refractivity contribution in [2.75, 3.05) is 18.4 Å². The Hall–Kier alpha value is -0.960. The van der Waals surface area contributed by atoms with Crippen molar-refractivity contribution < 1.29 is 8.42 Å². The van der Waals surface area contributed by atoms with Crippen LogP contribution in [0, 0.1) is 0 Å². The maximum absolute atomic E-state index is 12.3. The fourth-order valence-electron chi connectivity index (χ4n) is 1.79. The Morgan fingerprint density at radius 1 is 1.33 bits per heavy atom. The summed E-state index contributed by atoms with van der Waals surface area (Å²) in [6.07, 6.45) is 2.13. The number of pyridine rings is 1. The Labute approximate surface area is 137 Å². The highest BCUT2D eigenvalue weighted by molar-refractivity contribution is 9.11. The number of nitrogens with one attached hydrogen (secondary N) is 2. The average molecular weight is 390 g/mol. The maximum atomic E-state index is 12.3. The second-order valence-corrected chi connectivity index (χ2v) is 8.47. The molecule has 8 heteroatoms. The van der Waals surface area contributed by atoms with Gasteiger partial charge in [0.25, 0.3) is 10.0 Å². The van der Waals surface area contributed by atoms with Crippen LogP contribution in [0.15, 0.2) is 39.3 Å². The minimum absolute atomic E-state index is 0.0409. The summed E-state index contributed by atoms with van der Waals surface area (Å²) in [7, 11) is -3.61. The van der Waals surface area contributed by atoms with E-state index in [-0.39, 0.29) is 5.03 Å². The first-order chi connectivity index (χ1) is 10.0. The fourth-order valence-corrected chi connectivity index (χ4v) is 4.41. The predicted octanol–water partition coefficient (Wildman–Crippen LogP) is 2.86. The number of halogens is 1. The third kappa shape index (κ3) is 4.50. The van der Waals surface area contributed by atoms with Crippen LogP contribution in [0.3, 0.4) is 0 Å². The van der Waals surface area contributed by atoms with Gasteiger partial charge >= 0.3 is 0 Å². The molecule has 0 saturated heterocycles. The number of rotatable bonds is 7. The van der Waals surface area contributed by atoms with Crippen LogP contribution in [0.1, 0.15) is 11.8 Å². The van der Waals surface area contributed by atoms with E-state index in [0.29, 0.717) is 25.2 Å². The van der Waals surface area contributed by atoms with Crippen LogP contribution in [-0.4, -0.2) is 26.5 Å². The van der Waals surface area contributed by atoms with Gasteiger partial charge in [-0.25, -0.2) is 18.1 Å². The number of anilines is 1. The Balaban J connectivity index is 2.04. The van der Waals surface area contributed by atoms with E-state index >= 15 is 0 Å². The molecule has 0 radical (unpaired) electrons. The molecule has 0 saturated carbocycles. The summed E-state index contributed by atoms with van der Waals surface area (Å²) in [5, 5.41) is 3.05. The Morgan fingerprint density at radius 3 is 2.81 bits per heavy atom. The molecular formula is C13H16BrN3O2S2. The molecule has 0 bridgehead atoms. The minimum atomic E-state index is -3.61. The summed E-state index contributed by atoms with van der Waals surface area (Å²) in [4.78, 5) is 5.10. The molecule has 114 valence electrons. The zero-order valence-corrected chi connectivity index (χ0v) is 14.7. The lowest BCUT2D eigenvalue weighted by molar-refractivity contribution is 0.578. The zero-order chi connectivity index (χ0) is 15.3. The predicted molar refractivity (Wildman–Crippen MR) is 89.3 cm³/mol. The number of hydrogen-bond donors (Lipinski definition) is 2. The molecule has 0 aliphatic carbocycles. The van der Waals surface area contributed by atoms with Gasteiger partial charge in [0, 0.05) is 24.2 Å². The lowest BCUT2D eigenvalue weighted by Crippen LogP contribution is -2.27. The van der Waals surface area contributed by atoms with E-state index in [1.807, 2.05) is 19.1 Å². The molecule has 0 unspecified atom stereocenters. The highest BCUT2D eigenvalue weighted by Crippen LogP contribution is 2.22. The summed E-state index contributed by atoms with van der Waals surface area (Å²) < 4.78 is 28.2. The Morgan fingerprint density at radius 2 is 2.14 bits per heavy atom. The number of sulfonamides is 1. The molecule has 2 N–H and O–H groups in total. The van der Waals surface area contributed by atoms with Gasteiger partial charge in [-0.15, -0.1) is 11.3 Å². The van der Waals surface area contributed by atoms with Gasteiger partial charge in [0.15, 0.2) is 5.03 Å². The summed E-state index contributed by atoms with van der Waals surface area (Å²) in [5.41, 5.74) is 0.520. The molecule has 0 atom stereocenters. The first-order valence-electron chi connectivity index (χ1n) is 6.45. The molecule has 0 aromatic carbocycles. The number of thiophene rings is 1. The van der Waals surface area contributed by atoms with Crippen molar-refractivity contribution in [3.05, 3.63) is 39.1 Å².